The van der Waals surface area contributed by atoms with Gasteiger partial charge in [0.1, 0.15) is 0 Å². The van der Waals surface area contributed by atoms with Crippen LogP contribution in [0.15, 0.2) is 54.6 Å². The van der Waals surface area contributed by atoms with Crippen LogP contribution >= 0.6 is 0 Å². The van der Waals surface area contributed by atoms with E-state index in [9.17, 15) is 9.59 Å². The SMILES string of the molecule is NC(=O)c1ccccc1-n1nc(C(=O)N2CCCCC2)c2c1CCC(NCCc1ccccc1)C2. The van der Waals surface area contributed by atoms with E-state index < -0.39 is 5.91 Å². The Morgan fingerprint density at radius 2 is 1.74 bits per heavy atom. The first-order chi connectivity index (χ1) is 17.1. The highest BCUT2D eigenvalue weighted by Gasteiger charge is 2.32. The summed E-state index contributed by atoms with van der Waals surface area (Å²) in [5.41, 5.74) is 10.6. The van der Waals surface area contributed by atoms with Crippen molar-refractivity contribution < 1.29 is 9.59 Å². The molecule has 1 aliphatic carbocycles. The number of fused-ring (bicyclic) bond motifs is 1. The number of primary amides is 1. The summed E-state index contributed by atoms with van der Waals surface area (Å²) in [7, 11) is 0. The molecule has 2 amide bonds. The molecule has 182 valence electrons. The van der Waals surface area contributed by atoms with Crippen molar-refractivity contribution in [3.8, 4) is 5.69 Å². The maximum atomic E-state index is 13.6. The molecule has 1 saturated heterocycles. The topological polar surface area (TPSA) is 93.2 Å². The van der Waals surface area contributed by atoms with Crippen molar-refractivity contribution in [3.63, 3.8) is 0 Å². The summed E-state index contributed by atoms with van der Waals surface area (Å²) in [4.78, 5) is 27.6. The van der Waals surface area contributed by atoms with Gasteiger partial charge in [0.2, 0.25) is 0 Å². The summed E-state index contributed by atoms with van der Waals surface area (Å²) < 4.78 is 1.80. The quantitative estimate of drug-likeness (QED) is 0.553. The van der Waals surface area contributed by atoms with E-state index in [-0.39, 0.29) is 11.9 Å². The van der Waals surface area contributed by atoms with Gasteiger partial charge in [-0.05, 0) is 69.2 Å². The fraction of sp³-hybridized carbons (Fsp3) is 0.393. The van der Waals surface area contributed by atoms with Crippen molar-refractivity contribution in [2.24, 2.45) is 5.73 Å². The van der Waals surface area contributed by atoms with Gasteiger partial charge in [-0.15, -0.1) is 0 Å². The van der Waals surface area contributed by atoms with Crippen molar-refractivity contribution in [2.75, 3.05) is 19.6 Å². The van der Waals surface area contributed by atoms with Gasteiger partial charge in [-0.1, -0.05) is 42.5 Å². The zero-order chi connectivity index (χ0) is 24.2. The van der Waals surface area contributed by atoms with E-state index in [4.69, 9.17) is 10.8 Å². The van der Waals surface area contributed by atoms with Crippen LogP contribution in [-0.4, -0.2) is 52.2 Å². The predicted octanol–water partition coefficient (Wildman–Crippen LogP) is 3.29. The second-order valence-electron chi connectivity index (χ2n) is 9.55. The van der Waals surface area contributed by atoms with Gasteiger partial charge in [-0.25, -0.2) is 4.68 Å². The molecular formula is C28H33N5O2. The van der Waals surface area contributed by atoms with Gasteiger partial charge >= 0.3 is 0 Å². The minimum atomic E-state index is -0.495. The highest BCUT2D eigenvalue weighted by molar-refractivity contribution is 5.97. The number of hydrogen-bond donors (Lipinski definition) is 2. The van der Waals surface area contributed by atoms with E-state index >= 15 is 0 Å². The molecule has 2 aromatic carbocycles. The van der Waals surface area contributed by atoms with E-state index in [0.29, 0.717) is 16.9 Å². The van der Waals surface area contributed by atoms with Crippen LogP contribution in [0, 0.1) is 0 Å². The standard InChI is InChI=1S/C28H33N5O2/c29-27(34)22-11-5-6-12-24(22)33-25-14-13-21(30-16-15-20-9-3-1-4-10-20)19-23(25)26(31-33)28(35)32-17-7-2-8-18-32/h1,3-6,9-12,21,30H,2,7-8,13-19H2,(H2,29,34). The molecule has 0 spiro atoms. The molecule has 0 bridgehead atoms. The molecule has 1 unspecified atom stereocenters. The second kappa shape index (κ2) is 10.4. The molecule has 7 heteroatoms. The third-order valence-corrected chi connectivity index (χ3v) is 7.20. The summed E-state index contributed by atoms with van der Waals surface area (Å²) in [5, 5.41) is 8.53. The number of para-hydroxylation sites is 1. The van der Waals surface area contributed by atoms with Gasteiger partial charge in [-0.3, -0.25) is 9.59 Å². The summed E-state index contributed by atoms with van der Waals surface area (Å²) in [6, 6.07) is 18.0. The van der Waals surface area contributed by atoms with Gasteiger partial charge in [0.05, 0.1) is 11.3 Å². The first-order valence-electron chi connectivity index (χ1n) is 12.7. The Bertz CT molecular complexity index is 1200. The first-order valence-corrected chi connectivity index (χ1v) is 12.7. The molecule has 0 radical (unpaired) electrons. The van der Waals surface area contributed by atoms with Gasteiger partial charge in [0.15, 0.2) is 5.69 Å². The van der Waals surface area contributed by atoms with E-state index in [1.54, 1.807) is 16.8 Å². The van der Waals surface area contributed by atoms with Crippen molar-refractivity contribution in [2.45, 2.75) is 51.0 Å². The van der Waals surface area contributed by atoms with Gasteiger partial charge in [0.25, 0.3) is 11.8 Å². The number of likely N-dealkylation sites (tertiary alicyclic amines) is 1. The molecule has 2 heterocycles. The van der Waals surface area contributed by atoms with Crippen LogP contribution in [0.5, 0.6) is 0 Å². The summed E-state index contributed by atoms with van der Waals surface area (Å²) in [6.07, 6.45) is 6.67. The first kappa shape index (κ1) is 23.3. The third kappa shape index (κ3) is 5.00. The molecule has 1 aliphatic heterocycles. The molecule has 2 aliphatic rings. The lowest BCUT2D eigenvalue weighted by atomic mass is 9.90. The Hall–Kier alpha value is -3.45. The Morgan fingerprint density at radius 3 is 2.51 bits per heavy atom. The number of amides is 2. The number of carbonyl (C=O) groups is 2. The number of aromatic nitrogens is 2. The molecule has 1 atom stereocenters. The molecular weight excluding hydrogens is 438 g/mol. The fourth-order valence-electron chi connectivity index (χ4n) is 5.34. The Kier molecular flexibility index (Phi) is 6.95. The number of benzene rings is 2. The zero-order valence-electron chi connectivity index (χ0n) is 20.1. The van der Waals surface area contributed by atoms with Crippen LogP contribution in [0.2, 0.25) is 0 Å². The number of nitrogens with two attached hydrogens (primary N) is 1. The molecule has 1 aromatic heterocycles. The van der Waals surface area contributed by atoms with Crippen molar-refractivity contribution in [3.05, 3.63) is 82.7 Å². The van der Waals surface area contributed by atoms with Crippen molar-refractivity contribution in [1.82, 2.24) is 20.0 Å². The molecule has 3 aromatic rings. The molecule has 5 rings (SSSR count). The summed E-state index contributed by atoms with van der Waals surface area (Å²) >= 11 is 0. The lowest BCUT2D eigenvalue weighted by molar-refractivity contribution is 0.0716. The molecule has 0 saturated carbocycles. The number of rotatable bonds is 7. The lowest BCUT2D eigenvalue weighted by Gasteiger charge is -2.28. The summed E-state index contributed by atoms with van der Waals surface area (Å²) in [6.45, 7) is 2.44. The minimum absolute atomic E-state index is 0.00110. The van der Waals surface area contributed by atoms with Crippen LogP contribution in [0.3, 0.4) is 0 Å². The highest BCUT2D eigenvalue weighted by atomic mass is 16.2. The van der Waals surface area contributed by atoms with Gasteiger partial charge in [0, 0.05) is 30.4 Å². The number of hydrogen-bond acceptors (Lipinski definition) is 4. The van der Waals surface area contributed by atoms with Crippen LogP contribution in [-0.2, 0) is 19.3 Å². The van der Waals surface area contributed by atoms with E-state index in [1.165, 1.54) is 5.56 Å². The van der Waals surface area contributed by atoms with Crippen molar-refractivity contribution in [1.29, 1.82) is 0 Å². The predicted molar refractivity (Wildman–Crippen MR) is 136 cm³/mol. The monoisotopic (exact) mass is 471 g/mol. The Balaban J connectivity index is 1.43. The van der Waals surface area contributed by atoms with Gasteiger partial charge in [-0.2, -0.15) is 5.10 Å². The number of piperidine rings is 1. The largest absolute Gasteiger partial charge is 0.366 e. The zero-order valence-corrected chi connectivity index (χ0v) is 20.1. The van der Waals surface area contributed by atoms with E-state index in [1.807, 2.05) is 23.1 Å². The fourth-order valence-corrected chi connectivity index (χ4v) is 5.34. The smallest absolute Gasteiger partial charge is 0.274 e. The normalized spacial score (nSPS) is 17.7. The number of nitrogens with one attached hydrogen (secondary N) is 1. The summed E-state index contributed by atoms with van der Waals surface area (Å²) in [5.74, 6) is -0.494. The number of nitrogens with zero attached hydrogens (tertiary/aromatic N) is 3. The van der Waals surface area contributed by atoms with Crippen LogP contribution in [0.4, 0.5) is 0 Å². The maximum absolute atomic E-state index is 13.6. The minimum Gasteiger partial charge on any atom is -0.366 e. The molecule has 1 fully saturated rings. The molecule has 7 nitrogen and oxygen atoms in total. The van der Waals surface area contributed by atoms with Crippen LogP contribution < -0.4 is 11.1 Å². The molecule has 35 heavy (non-hydrogen) atoms. The Morgan fingerprint density at radius 1 is 1.00 bits per heavy atom. The average Bonchev–Trinajstić information content (AvgIpc) is 3.28. The van der Waals surface area contributed by atoms with E-state index in [2.05, 4.69) is 29.6 Å². The van der Waals surface area contributed by atoms with Crippen molar-refractivity contribution >= 4 is 11.8 Å². The van der Waals surface area contributed by atoms with Gasteiger partial charge < -0.3 is 16.0 Å². The second-order valence-corrected chi connectivity index (χ2v) is 9.55. The molecule has 3 N–H and O–H groups in total. The number of carbonyl (C=O) groups excluding carboxylic acids is 2. The van der Waals surface area contributed by atoms with E-state index in [0.717, 1.165) is 75.8 Å². The average molecular weight is 472 g/mol. The highest BCUT2D eigenvalue weighted by Crippen LogP contribution is 2.30. The Labute approximate surface area is 206 Å². The van der Waals surface area contributed by atoms with Crippen LogP contribution in [0.1, 0.15) is 63.4 Å². The van der Waals surface area contributed by atoms with Crippen LogP contribution in [0.25, 0.3) is 5.69 Å². The third-order valence-electron chi connectivity index (χ3n) is 7.20. The maximum Gasteiger partial charge on any atom is 0.274 e. The lowest BCUT2D eigenvalue weighted by Crippen LogP contribution is -2.38.